The van der Waals surface area contributed by atoms with Gasteiger partial charge in [0.2, 0.25) is 0 Å². The summed E-state index contributed by atoms with van der Waals surface area (Å²) < 4.78 is 1.97. The molecule has 1 aliphatic rings. The molecular formula is C16H25N3O. The zero-order valence-corrected chi connectivity index (χ0v) is 12.5. The van der Waals surface area contributed by atoms with E-state index in [-0.39, 0.29) is 6.04 Å². The van der Waals surface area contributed by atoms with Crippen molar-refractivity contribution in [2.24, 2.45) is 5.41 Å². The van der Waals surface area contributed by atoms with Gasteiger partial charge < -0.3 is 9.67 Å². The van der Waals surface area contributed by atoms with Crippen LogP contribution in [0.25, 0.3) is 0 Å². The van der Waals surface area contributed by atoms with Crippen LogP contribution in [0.4, 0.5) is 0 Å². The molecule has 0 spiro atoms. The molecule has 0 amide bonds. The average Bonchev–Trinajstić information content (AvgIpc) is 2.88. The van der Waals surface area contributed by atoms with Gasteiger partial charge in [0.25, 0.3) is 0 Å². The number of hydrogen-bond donors (Lipinski definition) is 1. The predicted octanol–water partition coefficient (Wildman–Crippen LogP) is 3.75. The molecule has 0 bridgehead atoms. The molecule has 1 fully saturated rings. The van der Waals surface area contributed by atoms with Gasteiger partial charge in [-0.25, -0.2) is 4.98 Å². The molecule has 20 heavy (non-hydrogen) atoms. The quantitative estimate of drug-likeness (QED) is 0.913. The highest BCUT2D eigenvalue weighted by Crippen LogP contribution is 2.44. The highest BCUT2D eigenvalue weighted by Gasteiger charge is 2.40. The van der Waals surface area contributed by atoms with E-state index in [1.807, 2.05) is 4.57 Å². The van der Waals surface area contributed by atoms with Crippen LogP contribution >= 0.6 is 0 Å². The van der Waals surface area contributed by atoms with Crippen molar-refractivity contribution in [3.05, 3.63) is 18.2 Å². The van der Waals surface area contributed by atoms with E-state index in [1.54, 1.807) is 12.5 Å². The number of rotatable bonds is 3. The van der Waals surface area contributed by atoms with Crippen LogP contribution in [-0.4, -0.2) is 14.7 Å². The van der Waals surface area contributed by atoms with E-state index in [0.29, 0.717) is 0 Å². The maximum atomic E-state index is 10.8. The molecule has 110 valence electrons. The molecule has 1 heterocycles. The van der Waals surface area contributed by atoms with Crippen molar-refractivity contribution in [1.82, 2.24) is 9.55 Å². The summed E-state index contributed by atoms with van der Waals surface area (Å²) in [5.41, 5.74) is 0.134. The number of aromatic nitrogens is 2. The fourth-order valence-electron chi connectivity index (χ4n) is 3.22. The molecule has 0 radical (unpaired) electrons. The largest absolute Gasteiger partial charge is 0.385 e. The van der Waals surface area contributed by atoms with Gasteiger partial charge in [0.05, 0.1) is 29.7 Å². The van der Waals surface area contributed by atoms with Crippen LogP contribution in [-0.2, 0) is 0 Å². The van der Waals surface area contributed by atoms with E-state index in [4.69, 9.17) is 0 Å². The Morgan fingerprint density at radius 2 is 1.85 bits per heavy atom. The van der Waals surface area contributed by atoms with Crippen LogP contribution in [0.3, 0.4) is 0 Å². The number of aliphatic hydroxyl groups excluding tert-OH is 1. The molecule has 0 aliphatic heterocycles. The van der Waals surface area contributed by atoms with Crippen molar-refractivity contribution < 1.29 is 5.11 Å². The fraction of sp³-hybridized carbons (Fsp3) is 0.750. The SMILES string of the molecule is CC(C)n1cncc1C(O)C1(C#N)CCCCCCC1. The van der Waals surface area contributed by atoms with Crippen molar-refractivity contribution in [3.8, 4) is 6.07 Å². The van der Waals surface area contributed by atoms with E-state index >= 15 is 0 Å². The molecule has 1 atom stereocenters. The van der Waals surface area contributed by atoms with Crippen LogP contribution in [0.1, 0.15) is 76.6 Å². The summed E-state index contributed by atoms with van der Waals surface area (Å²) >= 11 is 0. The predicted molar refractivity (Wildman–Crippen MR) is 77.9 cm³/mol. The Hall–Kier alpha value is -1.34. The van der Waals surface area contributed by atoms with Crippen LogP contribution in [0.15, 0.2) is 12.5 Å². The summed E-state index contributed by atoms with van der Waals surface area (Å²) in [6, 6.07) is 2.69. The molecule has 1 unspecified atom stereocenters. The van der Waals surface area contributed by atoms with E-state index < -0.39 is 11.5 Å². The number of nitriles is 1. The Morgan fingerprint density at radius 1 is 1.25 bits per heavy atom. The van der Waals surface area contributed by atoms with Crippen molar-refractivity contribution in [2.45, 2.75) is 70.9 Å². The van der Waals surface area contributed by atoms with E-state index in [1.165, 1.54) is 19.3 Å². The molecular weight excluding hydrogens is 250 g/mol. The summed E-state index contributed by atoms with van der Waals surface area (Å²) in [4.78, 5) is 4.16. The normalized spacial score (nSPS) is 20.9. The van der Waals surface area contributed by atoms with Gasteiger partial charge in [-0.05, 0) is 26.7 Å². The maximum Gasteiger partial charge on any atom is 0.114 e. The zero-order chi connectivity index (χ0) is 14.6. The van der Waals surface area contributed by atoms with Gasteiger partial charge in [0, 0.05) is 6.04 Å². The van der Waals surface area contributed by atoms with Gasteiger partial charge in [-0.2, -0.15) is 5.26 Å². The Balaban J connectivity index is 2.29. The summed E-state index contributed by atoms with van der Waals surface area (Å²) in [7, 11) is 0. The Bertz CT molecular complexity index is 464. The van der Waals surface area contributed by atoms with Gasteiger partial charge >= 0.3 is 0 Å². The van der Waals surface area contributed by atoms with Crippen LogP contribution in [0, 0.1) is 16.7 Å². The Kier molecular flexibility index (Phi) is 4.82. The topological polar surface area (TPSA) is 61.8 Å². The molecule has 0 saturated heterocycles. The zero-order valence-electron chi connectivity index (χ0n) is 12.5. The lowest BCUT2D eigenvalue weighted by atomic mass is 9.72. The smallest absolute Gasteiger partial charge is 0.114 e. The minimum absolute atomic E-state index is 0.242. The molecule has 0 aromatic carbocycles. The molecule has 1 aromatic heterocycles. The van der Waals surface area contributed by atoms with Crippen LogP contribution in [0.5, 0.6) is 0 Å². The molecule has 2 rings (SSSR count). The van der Waals surface area contributed by atoms with E-state index in [0.717, 1.165) is 31.4 Å². The second kappa shape index (κ2) is 6.41. The first-order valence-electron chi connectivity index (χ1n) is 7.72. The third-order valence-corrected chi connectivity index (χ3v) is 4.52. The van der Waals surface area contributed by atoms with Gasteiger partial charge in [-0.3, -0.25) is 0 Å². The lowest BCUT2D eigenvalue weighted by molar-refractivity contribution is 0.0366. The van der Waals surface area contributed by atoms with Gasteiger partial charge in [0.1, 0.15) is 6.10 Å². The highest BCUT2D eigenvalue weighted by molar-refractivity contribution is 5.15. The average molecular weight is 275 g/mol. The molecule has 4 nitrogen and oxygen atoms in total. The van der Waals surface area contributed by atoms with Crippen LogP contribution in [0.2, 0.25) is 0 Å². The lowest BCUT2D eigenvalue weighted by Crippen LogP contribution is -2.30. The van der Waals surface area contributed by atoms with Gasteiger partial charge in [-0.15, -0.1) is 0 Å². The lowest BCUT2D eigenvalue weighted by Gasteiger charge is -2.34. The second-order valence-electron chi connectivity index (χ2n) is 6.26. The highest BCUT2D eigenvalue weighted by atomic mass is 16.3. The standard InChI is InChI=1S/C16H25N3O/c1-13(2)19-12-18-10-14(19)15(20)16(11-17)8-6-4-3-5-7-9-16/h10,12-13,15,20H,3-9H2,1-2H3. The number of aliphatic hydroxyl groups is 1. The van der Waals surface area contributed by atoms with Crippen molar-refractivity contribution in [3.63, 3.8) is 0 Å². The van der Waals surface area contributed by atoms with Gasteiger partial charge in [0.15, 0.2) is 0 Å². The summed E-state index contributed by atoms with van der Waals surface area (Å²) in [6.07, 6.45) is 9.93. The first-order chi connectivity index (χ1) is 9.60. The number of nitrogens with zero attached hydrogens (tertiary/aromatic N) is 3. The summed E-state index contributed by atoms with van der Waals surface area (Å²) in [5, 5.41) is 20.6. The maximum absolute atomic E-state index is 10.8. The third-order valence-electron chi connectivity index (χ3n) is 4.52. The monoisotopic (exact) mass is 275 g/mol. The Labute approximate surface area is 121 Å². The third kappa shape index (κ3) is 2.88. The molecule has 4 heteroatoms. The second-order valence-corrected chi connectivity index (χ2v) is 6.26. The van der Waals surface area contributed by atoms with Crippen molar-refractivity contribution in [1.29, 1.82) is 5.26 Å². The van der Waals surface area contributed by atoms with Gasteiger partial charge in [-0.1, -0.05) is 32.1 Å². The minimum atomic E-state index is -0.740. The van der Waals surface area contributed by atoms with Crippen LogP contribution < -0.4 is 0 Å². The van der Waals surface area contributed by atoms with E-state index in [9.17, 15) is 10.4 Å². The summed E-state index contributed by atoms with van der Waals surface area (Å²) in [6.45, 7) is 4.13. The first-order valence-corrected chi connectivity index (χ1v) is 7.72. The molecule has 1 aromatic rings. The molecule has 1 aliphatic carbocycles. The molecule has 1 N–H and O–H groups in total. The van der Waals surface area contributed by atoms with Crippen molar-refractivity contribution in [2.75, 3.05) is 0 Å². The van der Waals surface area contributed by atoms with E-state index in [2.05, 4.69) is 24.9 Å². The summed E-state index contributed by atoms with van der Waals surface area (Å²) in [5.74, 6) is 0. The number of imidazole rings is 1. The fourth-order valence-corrected chi connectivity index (χ4v) is 3.22. The Morgan fingerprint density at radius 3 is 2.40 bits per heavy atom. The minimum Gasteiger partial charge on any atom is -0.385 e. The van der Waals surface area contributed by atoms with Crippen molar-refractivity contribution >= 4 is 0 Å². The molecule has 1 saturated carbocycles. The first kappa shape index (κ1) is 15.1. The number of hydrogen-bond acceptors (Lipinski definition) is 3.